The minimum absolute atomic E-state index is 0.856. The van der Waals surface area contributed by atoms with Crippen LogP contribution in [0.25, 0.3) is 21.3 Å². The van der Waals surface area contributed by atoms with Crippen LogP contribution in [0.1, 0.15) is 23.6 Å². The van der Waals surface area contributed by atoms with Gasteiger partial charge >= 0.3 is 0 Å². The Morgan fingerprint density at radius 1 is 0.962 bits per heavy atom. The highest BCUT2D eigenvalue weighted by Gasteiger charge is 2.13. The molecule has 0 unspecified atom stereocenters. The Labute approximate surface area is 157 Å². The highest BCUT2D eigenvalue weighted by Crippen LogP contribution is 2.37. The Hall–Kier alpha value is -2.72. The van der Waals surface area contributed by atoms with Gasteiger partial charge in [0, 0.05) is 16.6 Å². The lowest BCUT2D eigenvalue weighted by atomic mass is 10.0. The predicted octanol–water partition coefficient (Wildman–Crippen LogP) is 6.28. The van der Waals surface area contributed by atoms with Crippen molar-refractivity contribution in [2.45, 2.75) is 27.2 Å². The number of hydrogen-bond acceptors (Lipinski definition) is 4. The van der Waals surface area contributed by atoms with Crippen molar-refractivity contribution in [3.8, 4) is 11.1 Å². The lowest BCUT2D eigenvalue weighted by molar-refractivity contribution is 1.14. The largest absolute Gasteiger partial charge is 0.340 e. The van der Waals surface area contributed by atoms with Gasteiger partial charge in [-0.1, -0.05) is 37.3 Å². The molecule has 2 aromatic carbocycles. The van der Waals surface area contributed by atoms with Gasteiger partial charge in [0.05, 0.1) is 5.39 Å². The second-order valence-electron chi connectivity index (χ2n) is 6.53. The average Bonchev–Trinajstić information content (AvgIpc) is 3.10. The first kappa shape index (κ1) is 16.7. The first-order chi connectivity index (χ1) is 12.7. The average molecular weight is 359 g/mol. The number of thiophene rings is 1. The maximum atomic E-state index is 4.53. The van der Waals surface area contributed by atoms with E-state index in [1.165, 1.54) is 27.8 Å². The van der Waals surface area contributed by atoms with Gasteiger partial charge in [-0.2, -0.15) is 0 Å². The van der Waals surface area contributed by atoms with Crippen LogP contribution in [0.3, 0.4) is 0 Å². The minimum Gasteiger partial charge on any atom is -0.340 e. The van der Waals surface area contributed by atoms with E-state index in [1.807, 2.05) is 0 Å². The molecule has 0 aliphatic rings. The van der Waals surface area contributed by atoms with Crippen molar-refractivity contribution in [3.05, 3.63) is 70.9 Å². The van der Waals surface area contributed by atoms with Crippen molar-refractivity contribution < 1.29 is 0 Å². The summed E-state index contributed by atoms with van der Waals surface area (Å²) in [6.07, 6.45) is 2.68. The summed E-state index contributed by atoms with van der Waals surface area (Å²) in [6, 6.07) is 15.1. The smallest absolute Gasteiger partial charge is 0.143 e. The molecule has 1 N–H and O–H groups in total. The molecule has 3 nitrogen and oxygen atoms in total. The summed E-state index contributed by atoms with van der Waals surface area (Å²) in [4.78, 5) is 9.99. The number of benzene rings is 2. The van der Waals surface area contributed by atoms with Crippen LogP contribution in [-0.2, 0) is 6.42 Å². The molecule has 0 radical (unpaired) electrons. The molecule has 26 heavy (non-hydrogen) atoms. The molecule has 0 spiro atoms. The Bertz CT molecular complexity index is 1060. The van der Waals surface area contributed by atoms with Crippen LogP contribution in [0.5, 0.6) is 0 Å². The molecule has 0 aliphatic carbocycles. The fraction of sp³-hybridized carbons (Fsp3) is 0.182. The molecule has 0 saturated heterocycles. The van der Waals surface area contributed by atoms with Crippen molar-refractivity contribution in [3.63, 3.8) is 0 Å². The summed E-state index contributed by atoms with van der Waals surface area (Å²) in [6.45, 7) is 6.43. The Balaban J connectivity index is 1.79. The number of aromatic nitrogens is 2. The zero-order valence-corrected chi connectivity index (χ0v) is 16.0. The third-order valence-corrected chi connectivity index (χ3v) is 5.70. The van der Waals surface area contributed by atoms with E-state index in [0.29, 0.717) is 0 Å². The number of nitrogens with zero attached hydrogens (tertiary/aromatic N) is 2. The van der Waals surface area contributed by atoms with Gasteiger partial charge < -0.3 is 5.32 Å². The van der Waals surface area contributed by atoms with Crippen molar-refractivity contribution in [1.82, 2.24) is 9.97 Å². The van der Waals surface area contributed by atoms with Gasteiger partial charge in [0.25, 0.3) is 0 Å². The molecule has 4 heteroatoms. The standard InChI is InChI=1S/C22H21N3S/c1-4-16-6-8-17(9-7-16)19-12-26-22-20(19)21(23-13-24-22)25-18-10-5-14(2)15(3)11-18/h5-13H,4H2,1-3H3,(H,23,24,25). The van der Waals surface area contributed by atoms with Gasteiger partial charge in [0.1, 0.15) is 17.0 Å². The topological polar surface area (TPSA) is 37.8 Å². The van der Waals surface area contributed by atoms with Gasteiger partial charge in [-0.05, 0) is 54.7 Å². The van der Waals surface area contributed by atoms with Crippen LogP contribution in [0.2, 0.25) is 0 Å². The second-order valence-corrected chi connectivity index (χ2v) is 7.38. The van der Waals surface area contributed by atoms with Crippen LogP contribution in [-0.4, -0.2) is 9.97 Å². The number of anilines is 2. The number of nitrogens with one attached hydrogen (secondary N) is 1. The lowest BCUT2D eigenvalue weighted by Gasteiger charge is -2.10. The molecule has 2 heterocycles. The summed E-state index contributed by atoms with van der Waals surface area (Å²) >= 11 is 1.66. The highest BCUT2D eigenvalue weighted by atomic mass is 32.1. The summed E-state index contributed by atoms with van der Waals surface area (Å²) < 4.78 is 0. The minimum atomic E-state index is 0.856. The van der Waals surface area contributed by atoms with Gasteiger partial charge in [-0.25, -0.2) is 9.97 Å². The Kier molecular flexibility index (Phi) is 4.43. The number of hydrogen-bond donors (Lipinski definition) is 1. The second kappa shape index (κ2) is 6.89. The number of aryl methyl sites for hydroxylation is 3. The highest BCUT2D eigenvalue weighted by molar-refractivity contribution is 7.17. The molecule has 0 saturated carbocycles. The van der Waals surface area contributed by atoms with Gasteiger partial charge in [0.15, 0.2) is 0 Å². The van der Waals surface area contributed by atoms with Gasteiger partial charge in [-0.3, -0.25) is 0 Å². The van der Waals surface area contributed by atoms with Crippen molar-refractivity contribution in [1.29, 1.82) is 0 Å². The molecule has 130 valence electrons. The van der Waals surface area contributed by atoms with Crippen LogP contribution < -0.4 is 5.32 Å². The quantitative estimate of drug-likeness (QED) is 0.466. The lowest BCUT2D eigenvalue weighted by Crippen LogP contribution is -1.96. The third kappa shape index (κ3) is 3.08. The summed E-state index contributed by atoms with van der Waals surface area (Å²) in [5, 5.41) is 6.75. The SMILES string of the molecule is CCc1ccc(-c2csc3ncnc(Nc4ccc(C)c(C)c4)c23)cc1. The molecular formula is C22H21N3S. The van der Waals surface area contributed by atoms with E-state index < -0.39 is 0 Å². The monoisotopic (exact) mass is 359 g/mol. The van der Waals surface area contributed by atoms with Crippen LogP contribution >= 0.6 is 11.3 Å². The molecule has 0 aliphatic heterocycles. The number of rotatable bonds is 4. The molecule has 0 atom stereocenters. The van der Waals surface area contributed by atoms with E-state index in [4.69, 9.17) is 0 Å². The zero-order valence-electron chi connectivity index (χ0n) is 15.2. The molecule has 4 rings (SSSR count). The normalized spacial score (nSPS) is 11.0. The van der Waals surface area contributed by atoms with E-state index in [9.17, 15) is 0 Å². The van der Waals surface area contributed by atoms with E-state index in [2.05, 4.69) is 83.9 Å². The van der Waals surface area contributed by atoms with Gasteiger partial charge in [-0.15, -0.1) is 11.3 Å². The van der Waals surface area contributed by atoms with Crippen molar-refractivity contribution in [2.24, 2.45) is 0 Å². The fourth-order valence-electron chi connectivity index (χ4n) is 3.06. The maximum Gasteiger partial charge on any atom is 0.143 e. The Morgan fingerprint density at radius 3 is 2.50 bits per heavy atom. The van der Waals surface area contributed by atoms with Gasteiger partial charge in [0.2, 0.25) is 0 Å². The van der Waals surface area contributed by atoms with E-state index in [-0.39, 0.29) is 0 Å². The van der Waals surface area contributed by atoms with E-state index in [1.54, 1.807) is 17.7 Å². The first-order valence-electron chi connectivity index (χ1n) is 8.81. The number of fused-ring (bicyclic) bond motifs is 1. The van der Waals surface area contributed by atoms with Crippen molar-refractivity contribution in [2.75, 3.05) is 5.32 Å². The van der Waals surface area contributed by atoms with Crippen molar-refractivity contribution >= 4 is 33.1 Å². The molecule has 0 bridgehead atoms. The predicted molar refractivity (Wildman–Crippen MR) is 111 cm³/mol. The summed E-state index contributed by atoms with van der Waals surface area (Å²) in [5.74, 6) is 0.856. The third-order valence-electron chi connectivity index (χ3n) is 4.81. The van der Waals surface area contributed by atoms with Crippen LogP contribution in [0.4, 0.5) is 11.5 Å². The first-order valence-corrected chi connectivity index (χ1v) is 9.69. The molecule has 0 amide bonds. The van der Waals surface area contributed by atoms with E-state index in [0.717, 1.165) is 28.1 Å². The Morgan fingerprint density at radius 2 is 1.77 bits per heavy atom. The fourth-order valence-corrected chi connectivity index (χ4v) is 3.97. The maximum absolute atomic E-state index is 4.53. The molecule has 2 aromatic heterocycles. The van der Waals surface area contributed by atoms with Crippen LogP contribution in [0, 0.1) is 13.8 Å². The van der Waals surface area contributed by atoms with E-state index >= 15 is 0 Å². The van der Waals surface area contributed by atoms with Crippen LogP contribution in [0.15, 0.2) is 54.2 Å². The zero-order chi connectivity index (χ0) is 18.1. The molecular weight excluding hydrogens is 338 g/mol. The molecule has 0 fully saturated rings. The molecule has 4 aromatic rings. The summed E-state index contributed by atoms with van der Waals surface area (Å²) in [5.41, 5.74) is 7.33. The summed E-state index contributed by atoms with van der Waals surface area (Å²) in [7, 11) is 0.